The monoisotopic (exact) mass is 259 g/mol. The van der Waals surface area contributed by atoms with Crippen molar-refractivity contribution in [2.75, 3.05) is 13.2 Å². The van der Waals surface area contributed by atoms with Gasteiger partial charge in [-0.25, -0.2) is 0 Å². The molecule has 0 atom stereocenters. The Bertz CT molecular complexity index is 505. The molecule has 0 unspecified atom stereocenters. The molecule has 102 valence electrons. The van der Waals surface area contributed by atoms with Gasteiger partial charge >= 0.3 is 0 Å². The van der Waals surface area contributed by atoms with Gasteiger partial charge in [-0.05, 0) is 36.8 Å². The summed E-state index contributed by atoms with van der Waals surface area (Å²) in [5.41, 5.74) is 1.22. The van der Waals surface area contributed by atoms with Crippen LogP contribution < -0.4 is 10.1 Å². The number of rotatable bonds is 7. The van der Waals surface area contributed by atoms with Crippen LogP contribution in [0.5, 0.6) is 5.75 Å². The number of hydrogen-bond donors (Lipinski definition) is 1. The summed E-state index contributed by atoms with van der Waals surface area (Å²) in [5.74, 6) is 2.94. The van der Waals surface area contributed by atoms with Crippen molar-refractivity contribution in [3.8, 4) is 5.75 Å². The number of furan rings is 1. The Morgan fingerprint density at radius 1 is 1.16 bits per heavy atom. The Kier molecular flexibility index (Phi) is 5.04. The van der Waals surface area contributed by atoms with Crippen molar-refractivity contribution in [2.24, 2.45) is 0 Å². The van der Waals surface area contributed by atoms with Crippen molar-refractivity contribution in [3.05, 3.63) is 53.5 Å². The smallest absolute Gasteiger partial charge is 0.119 e. The lowest BCUT2D eigenvalue weighted by atomic mass is 10.2. The molecule has 0 bridgehead atoms. The molecule has 19 heavy (non-hydrogen) atoms. The fourth-order valence-corrected chi connectivity index (χ4v) is 1.87. The van der Waals surface area contributed by atoms with E-state index in [0.717, 1.165) is 36.8 Å². The minimum Gasteiger partial charge on any atom is -0.492 e. The zero-order chi connectivity index (χ0) is 13.5. The third-order valence-electron chi connectivity index (χ3n) is 2.90. The van der Waals surface area contributed by atoms with E-state index >= 15 is 0 Å². The van der Waals surface area contributed by atoms with Crippen LogP contribution in [0.15, 0.2) is 40.8 Å². The third-order valence-corrected chi connectivity index (χ3v) is 2.90. The molecule has 0 aliphatic heterocycles. The summed E-state index contributed by atoms with van der Waals surface area (Å²) in [4.78, 5) is 0. The van der Waals surface area contributed by atoms with Gasteiger partial charge in [0.05, 0.1) is 6.54 Å². The van der Waals surface area contributed by atoms with Gasteiger partial charge in [-0.15, -0.1) is 0 Å². The molecule has 0 amide bonds. The van der Waals surface area contributed by atoms with Crippen LogP contribution in [0.3, 0.4) is 0 Å². The molecule has 0 spiro atoms. The van der Waals surface area contributed by atoms with E-state index in [1.807, 2.05) is 30.3 Å². The predicted molar refractivity (Wildman–Crippen MR) is 76.5 cm³/mol. The molecular weight excluding hydrogens is 238 g/mol. The molecule has 0 aliphatic rings. The molecule has 1 aromatic heterocycles. The van der Waals surface area contributed by atoms with E-state index in [0.29, 0.717) is 6.61 Å². The first-order valence-electron chi connectivity index (χ1n) is 6.75. The van der Waals surface area contributed by atoms with Crippen molar-refractivity contribution in [2.45, 2.75) is 26.8 Å². The minimum absolute atomic E-state index is 0.658. The van der Waals surface area contributed by atoms with Gasteiger partial charge in [0.15, 0.2) is 0 Å². The summed E-state index contributed by atoms with van der Waals surface area (Å²) in [7, 11) is 0. The molecule has 1 N–H and O–H groups in total. The molecular formula is C16H21NO2. The van der Waals surface area contributed by atoms with Gasteiger partial charge in [0.1, 0.15) is 23.9 Å². The second-order valence-corrected chi connectivity index (χ2v) is 4.56. The molecule has 0 saturated carbocycles. The van der Waals surface area contributed by atoms with E-state index in [-0.39, 0.29) is 0 Å². The number of nitrogens with one attached hydrogen (secondary N) is 1. The number of hydrogen-bond acceptors (Lipinski definition) is 3. The third kappa shape index (κ3) is 4.45. The highest BCUT2D eigenvalue weighted by Crippen LogP contribution is 2.12. The van der Waals surface area contributed by atoms with Crippen LogP contribution in [-0.4, -0.2) is 13.2 Å². The first-order chi connectivity index (χ1) is 9.28. The van der Waals surface area contributed by atoms with Crippen LogP contribution in [0.1, 0.15) is 24.0 Å². The van der Waals surface area contributed by atoms with Gasteiger partial charge in [0.2, 0.25) is 0 Å². The molecule has 2 aromatic rings. The molecule has 1 heterocycles. The Balaban J connectivity index is 1.64. The molecule has 0 radical (unpaired) electrons. The first-order valence-corrected chi connectivity index (χ1v) is 6.75. The number of aryl methyl sites for hydroxylation is 2. The van der Waals surface area contributed by atoms with Gasteiger partial charge in [-0.2, -0.15) is 0 Å². The van der Waals surface area contributed by atoms with Crippen LogP contribution in [0.4, 0.5) is 0 Å². The van der Waals surface area contributed by atoms with Crippen molar-refractivity contribution in [1.29, 1.82) is 0 Å². The molecule has 3 nitrogen and oxygen atoms in total. The van der Waals surface area contributed by atoms with Crippen molar-refractivity contribution >= 4 is 0 Å². The van der Waals surface area contributed by atoms with E-state index in [2.05, 4.69) is 25.2 Å². The highest BCUT2D eigenvalue weighted by molar-refractivity contribution is 5.27. The lowest BCUT2D eigenvalue weighted by Crippen LogP contribution is -2.20. The second-order valence-electron chi connectivity index (χ2n) is 4.56. The number of benzene rings is 1. The van der Waals surface area contributed by atoms with Crippen molar-refractivity contribution < 1.29 is 9.15 Å². The summed E-state index contributed by atoms with van der Waals surface area (Å²) in [5, 5.41) is 3.31. The molecule has 1 aromatic carbocycles. The fourth-order valence-electron chi connectivity index (χ4n) is 1.87. The molecule has 0 fully saturated rings. The molecule has 3 heteroatoms. The predicted octanol–water partition coefficient (Wildman–Crippen LogP) is 3.32. The summed E-state index contributed by atoms with van der Waals surface area (Å²) in [6.07, 6.45) is 0.941. The molecule has 0 aliphatic carbocycles. The fraction of sp³-hybridized carbons (Fsp3) is 0.375. The zero-order valence-electron chi connectivity index (χ0n) is 11.6. The van der Waals surface area contributed by atoms with Crippen LogP contribution >= 0.6 is 0 Å². The summed E-state index contributed by atoms with van der Waals surface area (Å²) < 4.78 is 11.3. The highest BCUT2D eigenvalue weighted by atomic mass is 16.5. The van der Waals surface area contributed by atoms with E-state index in [4.69, 9.17) is 9.15 Å². The lowest BCUT2D eigenvalue weighted by molar-refractivity contribution is 0.310. The minimum atomic E-state index is 0.658. The molecule has 2 rings (SSSR count). The first kappa shape index (κ1) is 13.7. The van der Waals surface area contributed by atoms with Crippen molar-refractivity contribution in [3.63, 3.8) is 0 Å². The standard InChI is InChI=1S/C16H21NO2/c1-3-14-7-8-16(19-14)12-17-9-10-18-15-6-4-5-13(2)11-15/h4-8,11,17H,3,9-10,12H2,1-2H3. The van der Waals surface area contributed by atoms with E-state index in [9.17, 15) is 0 Å². The lowest BCUT2D eigenvalue weighted by Gasteiger charge is -2.07. The Hall–Kier alpha value is -1.74. The average Bonchev–Trinajstić information content (AvgIpc) is 2.86. The summed E-state index contributed by atoms with van der Waals surface area (Å²) >= 11 is 0. The van der Waals surface area contributed by atoms with Crippen LogP contribution in [0.25, 0.3) is 0 Å². The normalized spacial score (nSPS) is 10.6. The summed E-state index contributed by atoms with van der Waals surface area (Å²) in [6.45, 7) is 6.36. The van der Waals surface area contributed by atoms with Gasteiger partial charge in [-0.1, -0.05) is 19.1 Å². The van der Waals surface area contributed by atoms with E-state index in [1.54, 1.807) is 0 Å². The maximum Gasteiger partial charge on any atom is 0.119 e. The van der Waals surface area contributed by atoms with E-state index in [1.165, 1.54) is 5.56 Å². The largest absolute Gasteiger partial charge is 0.492 e. The topological polar surface area (TPSA) is 34.4 Å². The quantitative estimate of drug-likeness (QED) is 0.775. The highest BCUT2D eigenvalue weighted by Gasteiger charge is 1.99. The number of ether oxygens (including phenoxy) is 1. The van der Waals surface area contributed by atoms with Gasteiger partial charge < -0.3 is 14.5 Å². The molecule has 0 saturated heterocycles. The maximum absolute atomic E-state index is 5.66. The van der Waals surface area contributed by atoms with Crippen LogP contribution in [-0.2, 0) is 13.0 Å². The second kappa shape index (κ2) is 7.00. The Morgan fingerprint density at radius 2 is 2.00 bits per heavy atom. The van der Waals surface area contributed by atoms with Crippen molar-refractivity contribution in [1.82, 2.24) is 5.32 Å². The Morgan fingerprint density at radius 3 is 2.74 bits per heavy atom. The maximum atomic E-state index is 5.66. The average molecular weight is 259 g/mol. The van der Waals surface area contributed by atoms with E-state index < -0.39 is 0 Å². The summed E-state index contributed by atoms with van der Waals surface area (Å²) in [6, 6.07) is 12.1. The van der Waals surface area contributed by atoms with Crippen LogP contribution in [0.2, 0.25) is 0 Å². The van der Waals surface area contributed by atoms with Gasteiger partial charge in [0, 0.05) is 13.0 Å². The van der Waals surface area contributed by atoms with Crippen LogP contribution in [0, 0.1) is 6.92 Å². The SMILES string of the molecule is CCc1ccc(CNCCOc2cccc(C)c2)o1. The van der Waals surface area contributed by atoms with Gasteiger partial charge in [0.25, 0.3) is 0 Å². The van der Waals surface area contributed by atoms with Gasteiger partial charge in [-0.3, -0.25) is 0 Å². The Labute approximate surface area is 114 Å². The zero-order valence-corrected chi connectivity index (χ0v) is 11.6.